The Hall–Kier alpha value is -3.27. The first-order valence-corrected chi connectivity index (χ1v) is 10.9. The third kappa shape index (κ3) is 4.18. The molecule has 10 heteroatoms. The first kappa shape index (κ1) is 18.7. The minimum Gasteiger partial charge on any atom is -0.307 e. The highest BCUT2D eigenvalue weighted by Gasteiger charge is 2.20. The summed E-state index contributed by atoms with van der Waals surface area (Å²) < 4.78 is 3.71. The zero-order chi connectivity index (χ0) is 20.3. The maximum absolute atomic E-state index is 12.3. The number of rotatable bonds is 5. The maximum Gasteiger partial charge on any atom is 0.325 e. The van der Waals surface area contributed by atoms with E-state index in [0.29, 0.717) is 23.3 Å². The first-order chi connectivity index (χ1) is 14.7. The molecule has 1 aliphatic rings. The second-order valence-corrected chi connectivity index (χ2v) is 8.49. The molecule has 0 saturated heterocycles. The fourth-order valence-electron chi connectivity index (χ4n) is 3.80. The van der Waals surface area contributed by atoms with Crippen LogP contribution in [0.2, 0.25) is 0 Å². The van der Waals surface area contributed by atoms with Crippen LogP contribution in [0.1, 0.15) is 48.7 Å². The molecule has 0 bridgehead atoms. The maximum atomic E-state index is 12.3. The van der Waals surface area contributed by atoms with Gasteiger partial charge in [0.1, 0.15) is 10.7 Å². The van der Waals surface area contributed by atoms with Crippen LogP contribution in [-0.4, -0.2) is 35.4 Å². The Labute approximate surface area is 177 Å². The molecule has 9 nitrogen and oxygen atoms in total. The molecule has 0 aromatic carbocycles. The van der Waals surface area contributed by atoms with Gasteiger partial charge in [-0.15, -0.1) is 10.2 Å². The third-order valence-electron chi connectivity index (χ3n) is 5.24. The second-order valence-electron chi connectivity index (χ2n) is 7.48. The summed E-state index contributed by atoms with van der Waals surface area (Å²) in [5, 5.41) is 19.8. The molecule has 5 rings (SSSR count). The van der Waals surface area contributed by atoms with E-state index in [-0.39, 0.29) is 6.03 Å². The Morgan fingerprint density at radius 3 is 2.90 bits per heavy atom. The molecule has 4 aromatic heterocycles. The van der Waals surface area contributed by atoms with Crippen LogP contribution >= 0.6 is 11.3 Å². The van der Waals surface area contributed by atoms with E-state index in [4.69, 9.17) is 0 Å². The minimum atomic E-state index is -0.353. The zero-order valence-corrected chi connectivity index (χ0v) is 17.2. The fraction of sp³-hybridized carbons (Fsp3) is 0.350. The molecule has 4 heterocycles. The van der Waals surface area contributed by atoms with Crippen molar-refractivity contribution in [3.8, 4) is 0 Å². The Balaban J connectivity index is 1.18. The number of aromatic nitrogens is 6. The lowest BCUT2D eigenvalue weighted by molar-refractivity contribution is 0.262. The number of urea groups is 1. The molecule has 30 heavy (non-hydrogen) atoms. The van der Waals surface area contributed by atoms with Gasteiger partial charge in [0.2, 0.25) is 5.13 Å². The lowest BCUT2D eigenvalue weighted by atomic mass is 9.90. The van der Waals surface area contributed by atoms with Crippen LogP contribution in [0.15, 0.2) is 43.0 Å². The van der Waals surface area contributed by atoms with Crippen LogP contribution in [0, 0.1) is 0 Å². The van der Waals surface area contributed by atoms with Crippen molar-refractivity contribution in [1.82, 2.24) is 29.4 Å². The molecular weight excluding hydrogens is 400 g/mol. The summed E-state index contributed by atoms with van der Waals surface area (Å²) in [4.78, 5) is 16.9. The highest BCUT2D eigenvalue weighted by molar-refractivity contribution is 7.15. The Kier molecular flexibility index (Phi) is 5.14. The molecule has 154 valence electrons. The van der Waals surface area contributed by atoms with Crippen molar-refractivity contribution in [3.63, 3.8) is 0 Å². The molecule has 0 aliphatic heterocycles. The predicted octanol–water partition coefficient (Wildman–Crippen LogP) is 4.12. The van der Waals surface area contributed by atoms with Gasteiger partial charge >= 0.3 is 6.03 Å². The van der Waals surface area contributed by atoms with E-state index < -0.39 is 0 Å². The predicted molar refractivity (Wildman–Crippen MR) is 115 cm³/mol. The van der Waals surface area contributed by atoms with Gasteiger partial charge in [0, 0.05) is 24.5 Å². The van der Waals surface area contributed by atoms with E-state index in [1.54, 1.807) is 17.1 Å². The number of carbonyl (C=O) groups excluding carboxylic acids is 1. The summed E-state index contributed by atoms with van der Waals surface area (Å²) in [6, 6.07) is 5.52. The van der Waals surface area contributed by atoms with Gasteiger partial charge in [-0.05, 0) is 25.0 Å². The summed E-state index contributed by atoms with van der Waals surface area (Å²) in [5.74, 6) is 0.479. The van der Waals surface area contributed by atoms with Crippen molar-refractivity contribution in [2.24, 2.45) is 0 Å². The van der Waals surface area contributed by atoms with Crippen LogP contribution in [0.3, 0.4) is 0 Å². The largest absolute Gasteiger partial charge is 0.325 e. The van der Waals surface area contributed by atoms with E-state index in [1.165, 1.54) is 30.6 Å². The van der Waals surface area contributed by atoms with Gasteiger partial charge in [-0.2, -0.15) is 5.10 Å². The molecule has 2 N–H and O–H groups in total. The molecule has 0 atom stereocenters. The quantitative estimate of drug-likeness (QED) is 0.504. The molecule has 4 aromatic rings. The number of fused-ring (bicyclic) bond motifs is 1. The summed E-state index contributed by atoms with van der Waals surface area (Å²) in [7, 11) is 0. The van der Waals surface area contributed by atoms with Crippen molar-refractivity contribution in [1.29, 1.82) is 0 Å². The average Bonchev–Trinajstić information content (AvgIpc) is 3.48. The number of imidazole rings is 1. The number of hydrogen-bond donors (Lipinski definition) is 2. The number of hydrogen-bond acceptors (Lipinski definition) is 6. The number of nitrogens with zero attached hydrogens (tertiary/aromatic N) is 6. The third-order valence-corrected chi connectivity index (χ3v) is 6.25. The van der Waals surface area contributed by atoms with E-state index in [2.05, 4.69) is 30.9 Å². The van der Waals surface area contributed by atoms with Crippen molar-refractivity contribution >= 4 is 33.8 Å². The van der Waals surface area contributed by atoms with E-state index in [0.717, 1.165) is 29.2 Å². The van der Waals surface area contributed by atoms with E-state index >= 15 is 0 Å². The molecule has 1 aliphatic carbocycles. The number of nitrogens with one attached hydrogen (secondary N) is 2. The molecule has 2 amide bonds. The normalized spacial score (nSPS) is 14.8. The van der Waals surface area contributed by atoms with Gasteiger partial charge in [-0.1, -0.05) is 36.7 Å². The monoisotopic (exact) mass is 422 g/mol. The number of pyridine rings is 1. The Morgan fingerprint density at radius 2 is 2.03 bits per heavy atom. The van der Waals surface area contributed by atoms with Gasteiger partial charge in [0.05, 0.1) is 24.1 Å². The summed E-state index contributed by atoms with van der Waals surface area (Å²) >= 11 is 1.46. The number of carbonyl (C=O) groups is 1. The van der Waals surface area contributed by atoms with Crippen LogP contribution in [0.4, 0.5) is 15.6 Å². The molecule has 1 saturated carbocycles. The smallest absolute Gasteiger partial charge is 0.307 e. The first-order valence-electron chi connectivity index (χ1n) is 10.1. The van der Waals surface area contributed by atoms with Gasteiger partial charge in [-0.25, -0.2) is 9.78 Å². The van der Waals surface area contributed by atoms with Crippen molar-refractivity contribution in [2.75, 3.05) is 10.6 Å². The second kappa shape index (κ2) is 8.23. The highest BCUT2D eigenvalue weighted by Crippen LogP contribution is 2.35. The standard InChI is InChI=1S/C20H22N8OS/c29-19(24-20-26-25-18(30-20)14-6-2-1-3-7-14)23-15-10-21-28(12-15)13-16-11-27-9-5-4-8-17(27)22-16/h4-5,8-12,14H,1-3,6-7,13H2,(H2,23,24,26,29). The lowest BCUT2D eigenvalue weighted by Gasteiger charge is -2.18. The Bertz CT molecular complexity index is 1120. The van der Waals surface area contributed by atoms with Gasteiger partial charge in [0.25, 0.3) is 0 Å². The van der Waals surface area contributed by atoms with Crippen molar-refractivity contribution in [2.45, 2.75) is 44.6 Å². The van der Waals surface area contributed by atoms with E-state index in [1.807, 2.05) is 35.0 Å². The highest BCUT2D eigenvalue weighted by atomic mass is 32.1. The average molecular weight is 423 g/mol. The Morgan fingerprint density at radius 1 is 1.13 bits per heavy atom. The molecule has 0 spiro atoms. The fourth-order valence-corrected chi connectivity index (χ4v) is 4.71. The van der Waals surface area contributed by atoms with Crippen LogP contribution in [-0.2, 0) is 6.54 Å². The van der Waals surface area contributed by atoms with E-state index in [9.17, 15) is 4.79 Å². The number of amides is 2. The summed E-state index contributed by atoms with van der Waals surface area (Å²) in [5.41, 5.74) is 2.39. The molecule has 1 fully saturated rings. The van der Waals surface area contributed by atoms with Gasteiger partial charge in [0.15, 0.2) is 0 Å². The topological polar surface area (TPSA) is 102 Å². The lowest BCUT2D eigenvalue weighted by Crippen LogP contribution is -2.19. The van der Waals surface area contributed by atoms with Crippen LogP contribution in [0.5, 0.6) is 0 Å². The molecule has 0 radical (unpaired) electrons. The van der Waals surface area contributed by atoms with Crippen molar-refractivity contribution < 1.29 is 4.79 Å². The van der Waals surface area contributed by atoms with Gasteiger partial charge < -0.3 is 9.72 Å². The zero-order valence-electron chi connectivity index (χ0n) is 16.4. The van der Waals surface area contributed by atoms with Gasteiger partial charge in [-0.3, -0.25) is 10.00 Å². The SMILES string of the molecule is O=C(Nc1cnn(Cc2cn3ccccc3n2)c1)Nc1nnc(C2CCCCC2)s1. The van der Waals surface area contributed by atoms with Crippen LogP contribution < -0.4 is 10.6 Å². The summed E-state index contributed by atoms with van der Waals surface area (Å²) in [6.45, 7) is 0.520. The molecule has 0 unspecified atom stereocenters. The minimum absolute atomic E-state index is 0.353. The summed E-state index contributed by atoms with van der Waals surface area (Å²) in [6.07, 6.45) is 13.4. The van der Waals surface area contributed by atoms with Crippen LogP contribution in [0.25, 0.3) is 5.65 Å². The molecular formula is C20H22N8OS. The number of anilines is 2. The van der Waals surface area contributed by atoms with Crippen molar-refractivity contribution in [3.05, 3.63) is 53.7 Å².